The lowest BCUT2D eigenvalue weighted by Gasteiger charge is -2.23. The molecule has 0 unspecified atom stereocenters. The largest absolute Gasteiger partial charge is 0.483 e. The topological polar surface area (TPSA) is 68.3 Å². The molecule has 2 aliphatic heterocycles. The minimum Gasteiger partial charge on any atom is -0.483 e. The molecule has 2 amide bonds. The molecule has 2 aromatic carbocycles. The number of hydrogen-bond donors (Lipinski definition) is 0. The normalized spacial score (nSPS) is 15.6. The highest BCUT2D eigenvalue weighted by Gasteiger charge is 2.25. The quantitative estimate of drug-likeness (QED) is 0.755. The number of ether oxygens (including phenoxy) is 3. The Labute approximate surface area is 182 Å². The molecule has 4 rings (SSSR count). The predicted octanol–water partition coefficient (Wildman–Crippen LogP) is 3.09. The summed E-state index contributed by atoms with van der Waals surface area (Å²) in [5.74, 6) is 1.91. The first-order valence-corrected chi connectivity index (χ1v) is 10.6. The summed E-state index contributed by atoms with van der Waals surface area (Å²) >= 11 is 0. The number of rotatable bonds is 4. The Morgan fingerprint density at radius 1 is 0.903 bits per heavy atom. The maximum Gasteiger partial charge on any atom is 0.260 e. The lowest BCUT2D eigenvalue weighted by molar-refractivity contribution is -0.133. The van der Waals surface area contributed by atoms with Crippen molar-refractivity contribution in [1.29, 1.82) is 0 Å². The van der Waals surface area contributed by atoms with Gasteiger partial charge < -0.3 is 24.0 Å². The third-order valence-corrected chi connectivity index (χ3v) is 5.97. The zero-order valence-corrected chi connectivity index (χ0v) is 18.3. The first kappa shape index (κ1) is 21.0. The van der Waals surface area contributed by atoms with Gasteiger partial charge in [-0.05, 0) is 62.1 Å². The molecule has 2 aromatic rings. The standard InChI is InChI=1S/C24H28N2O5/c1-16-5-6-17(2)23(18(16)3)29-14-22(27)25-9-4-10-26(12-11-25)24(28)19-7-8-20-21(13-19)31-15-30-20/h5-8,13H,4,9-12,14-15H2,1-3H3. The summed E-state index contributed by atoms with van der Waals surface area (Å²) in [4.78, 5) is 29.3. The molecule has 1 saturated heterocycles. The molecule has 0 radical (unpaired) electrons. The van der Waals surface area contributed by atoms with Crippen LogP contribution in [0.5, 0.6) is 17.2 Å². The van der Waals surface area contributed by atoms with E-state index in [1.807, 2.05) is 26.8 Å². The van der Waals surface area contributed by atoms with E-state index >= 15 is 0 Å². The van der Waals surface area contributed by atoms with Gasteiger partial charge in [0.1, 0.15) is 5.75 Å². The fourth-order valence-corrected chi connectivity index (χ4v) is 3.95. The molecule has 7 heteroatoms. The zero-order valence-electron chi connectivity index (χ0n) is 18.3. The molecular formula is C24H28N2O5. The van der Waals surface area contributed by atoms with E-state index in [1.54, 1.807) is 28.0 Å². The molecule has 7 nitrogen and oxygen atoms in total. The summed E-state index contributed by atoms with van der Waals surface area (Å²) in [7, 11) is 0. The molecule has 31 heavy (non-hydrogen) atoms. The molecule has 164 valence electrons. The Hall–Kier alpha value is -3.22. The van der Waals surface area contributed by atoms with E-state index in [9.17, 15) is 9.59 Å². The second-order valence-corrected chi connectivity index (χ2v) is 8.04. The summed E-state index contributed by atoms with van der Waals surface area (Å²) in [6, 6.07) is 9.30. The highest BCUT2D eigenvalue weighted by Crippen LogP contribution is 2.33. The lowest BCUT2D eigenvalue weighted by Crippen LogP contribution is -2.39. The van der Waals surface area contributed by atoms with Gasteiger partial charge >= 0.3 is 0 Å². The van der Waals surface area contributed by atoms with Crippen LogP contribution in [0.25, 0.3) is 0 Å². The fourth-order valence-electron chi connectivity index (χ4n) is 3.95. The van der Waals surface area contributed by atoms with E-state index in [-0.39, 0.29) is 25.2 Å². The smallest absolute Gasteiger partial charge is 0.260 e. The van der Waals surface area contributed by atoms with Crippen molar-refractivity contribution in [2.75, 3.05) is 39.6 Å². The molecule has 2 heterocycles. The predicted molar refractivity (Wildman–Crippen MR) is 116 cm³/mol. The monoisotopic (exact) mass is 424 g/mol. The highest BCUT2D eigenvalue weighted by molar-refractivity contribution is 5.95. The van der Waals surface area contributed by atoms with E-state index in [0.29, 0.717) is 43.2 Å². The Bertz CT molecular complexity index is 1000. The molecule has 0 spiro atoms. The van der Waals surface area contributed by atoms with Crippen molar-refractivity contribution in [3.05, 3.63) is 52.6 Å². The van der Waals surface area contributed by atoms with Crippen LogP contribution in [0.2, 0.25) is 0 Å². The van der Waals surface area contributed by atoms with Gasteiger partial charge in [0.15, 0.2) is 18.1 Å². The van der Waals surface area contributed by atoms with Gasteiger partial charge in [-0.2, -0.15) is 0 Å². The Morgan fingerprint density at radius 2 is 1.61 bits per heavy atom. The fraction of sp³-hybridized carbons (Fsp3) is 0.417. The van der Waals surface area contributed by atoms with Crippen LogP contribution in [0.1, 0.15) is 33.5 Å². The molecule has 0 saturated carbocycles. The molecule has 0 bridgehead atoms. The van der Waals surface area contributed by atoms with Gasteiger partial charge in [-0.15, -0.1) is 0 Å². The SMILES string of the molecule is Cc1ccc(C)c(OCC(=O)N2CCCN(C(=O)c3ccc4c(c3)OCO4)CC2)c1C. The maximum atomic E-state index is 12.9. The summed E-state index contributed by atoms with van der Waals surface area (Å²) in [6.45, 7) is 8.40. The van der Waals surface area contributed by atoms with Gasteiger partial charge in [-0.3, -0.25) is 9.59 Å². The molecule has 0 aromatic heterocycles. The second-order valence-electron chi connectivity index (χ2n) is 8.04. The van der Waals surface area contributed by atoms with Crippen molar-refractivity contribution in [1.82, 2.24) is 9.80 Å². The first-order valence-electron chi connectivity index (χ1n) is 10.6. The van der Waals surface area contributed by atoms with Gasteiger partial charge in [0.2, 0.25) is 6.79 Å². The van der Waals surface area contributed by atoms with Crippen molar-refractivity contribution in [2.45, 2.75) is 27.2 Å². The third-order valence-electron chi connectivity index (χ3n) is 5.97. The van der Waals surface area contributed by atoms with Crippen LogP contribution in [0.4, 0.5) is 0 Å². The van der Waals surface area contributed by atoms with Crippen LogP contribution in [0.3, 0.4) is 0 Å². The minimum atomic E-state index is -0.0603. The number of fused-ring (bicyclic) bond motifs is 1. The zero-order chi connectivity index (χ0) is 22.0. The van der Waals surface area contributed by atoms with Crippen molar-refractivity contribution in [3.8, 4) is 17.2 Å². The first-order chi connectivity index (χ1) is 14.9. The molecule has 0 N–H and O–H groups in total. The Balaban J connectivity index is 1.35. The van der Waals surface area contributed by atoms with Crippen LogP contribution in [-0.2, 0) is 4.79 Å². The number of amides is 2. The van der Waals surface area contributed by atoms with E-state index in [0.717, 1.165) is 28.9 Å². The second kappa shape index (κ2) is 8.88. The van der Waals surface area contributed by atoms with Crippen LogP contribution >= 0.6 is 0 Å². The van der Waals surface area contributed by atoms with E-state index in [1.165, 1.54) is 0 Å². The Kier molecular flexibility index (Phi) is 6.02. The van der Waals surface area contributed by atoms with Crippen LogP contribution < -0.4 is 14.2 Å². The van der Waals surface area contributed by atoms with Gasteiger partial charge in [0, 0.05) is 31.7 Å². The van der Waals surface area contributed by atoms with Crippen molar-refractivity contribution in [3.63, 3.8) is 0 Å². The molecule has 0 atom stereocenters. The minimum absolute atomic E-state index is 0.00123. The maximum absolute atomic E-state index is 12.9. The van der Waals surface area contributed by atoms with Crippen LogP contribution in [-0.4, -0.2) is 61.2 Å². The van der Waals surface area contributed by atoms with E-state index < -0.39 is 0 Å². The van der Waals surface area contributed by atoms with Crippen LogP contribution in [0.15, 0.2) is 30.3 Å². The van der Waals surface area contributed by atoms with Crippen molar-refractivity contribution < 1.29 is 23.8 Å². The molecule has 1 fully saturated rings. The average molecular weight is 424 g/mol. The number of carbonyl (C=O) groups is 2. The summed E-state index contributed by atoms with van der Waals surface area (Å²) in [5, 5.41) is 0. The molecule has 0 aliphatic carbocycles. The third kappa shape index (κ3) is 4.45. The summed E-state index contributed by atoms with van der Waals surface area (Å²) < 4.78 is 16.6. The van der Waals surface area contributed by atoms with Crippen LogP contribution in [0, 0.1) is 20.8 Å². The number of aryl methyl sites for hydroxylation is 2. The highest BCUT2D eigenvalue weighted by atomic mass is 16.7. The number of hydrogen-bond acceptors (Lipinski definition) is 5. The molecule has 2 aliphatic rings. The van der Waals surface area contributed by atoms with E-state index in [2.05, 4.69) is 6.07 Å². The van der Waals surface area contributed by atoms with Gasteiger partial charge in [-0.25, -0.2) is 0 Å². The lowest BCUT2D eigenvalue weighted by atomic mass is 10.1. The summed E-state index contributed by atoms with van der Waals surface area (Å²) in [5.41, 5.74) is 3.79. The van der Waals surface area contributed by atoms with E-state index in [4.69, 9.17) is 14.2 Å². The number of carbonyl (C=O) groups excluding carboxylic acids is 2. The van der Waals surface area contributed by atoms with Gasteiger partial charge in [-0.1, -0.05) is 12.1 Å². The number of benzene rings is 2. The van der Waals surface area contributed by atoms with Crippen molar-refractivity contribution in [2.24, 2.45) is 0 Å². The summed E-state index contributed by atoms with van der Waals surface area (Å²) in [6.07, 6.45) is 0.727. The van der Waals surface area contributed by atoms with Gasteiger partial charge in [0.25, 0.3) is 11.8 Å². The number of nitrogens with zero attached hydrogens (tertiary/aromatic N) is 2. The van der Waals surface area contributed by atoms with Gasteiger partial charge in [0.05, 0.1) is 0 Å². The Morgan fingerprint density at radius 3 is 2.45 bits per heavy atom. The average Bonchev–Trinajstić information content (AvgIpc) is 3.10. The molecular weight excluding hydrogens is 396 g/mol. The van der Waals surface area contributed by atoms with Crippen molar-refractivity contribution >= 4 is 11.8 Å².